The number of aliphatic hydroxyl groups is 1. The van der Waals surface area contributed by atoms with Crippen molar-refractivity contribution in [3.63, 3.8) is 0 Å². The molecule has 1 amide bonds. The molecule has 0 bridgehead atoms. The summed E-state index contributed by atoms with van der Waals surface area (Å²) in [4.78, 5) is 22.9. The largest absolute Gasteiger partial charge is 0.472 e. The van der Waals surface area contributed by atoms with E-state index in [-0.39, 0.29) is 19.1 Å². The third-order valence-electron chi connectivity index (χ3n) is 12.0. The van der Waals surface area contributed by atoms with Gasteiger partial charge in [-0.15, -0.1) is 0 Å². The van der Waals surface area contributed by atoms with Crippen LogP contribution in [0.1, 0.15) is 258 Å². The molecule has 3 atom stereocenters. The fraction of sp³-hybridized carbons (Fsp3) is 0.941. The summed E-state index contributed by atoms with van der Waals surface area (Å²) in [6.45, 7) is 4.77. The van der Waals surface area contributed by atoms with E-state index in [1.54, 1.807) is 6.08 Å². The highest BCUT2D eigenvalue weighted by atomic mass is 31.2. The number of carbonyl (C=O) groups excluding carboxylic acids is 1. The molecule has 60 heavy (non-hydrogen) atoms. The molecule has 0 spiro atoms. The van der Waals surface area contributed by atoms with Gasteiger partial charge in [-0.3, -0.25) is 13.8 Å². The van der Waals surface area contributed by atoms with Crippen LogP contribution in [0.4, 0.5) is 0 Å². The Balaban J connectivity index is 3.88. The van der Waals surface area contributed by atoms with Crippen LogP contribution in [0.25, 0.3) is 0 Å². The zero-order valence-electron chi connectivity index (χ0n) is 40.7. The second-order valence-electron chi connectivity index (χ2n) is 19.3. The van der Waals surface area contributed by atoms with E-state index in [2.05, 4.69) is 19.2 Å². The van der Waals surface area contributed by atoms with Gasteiger partial charge >= 0.3 is 7.82 Å². The molecule has 0 aromatic carbocycles. The van der Waals surface area contributed by atoms with Gasteiger partial charge in [0.05, 0.1) is 39.9 Å². The van der Waals surface area contributed by atoms with Gasteiger partial charge in [0.15, 0.2) is 0 Å². The van der Waals surface area contributed by atoms with Crippen LogP contribution in [-0.2, 0) is 18.4 Å². The lowest BCUT2D eigenvalue weighted by Gasteiger charge is -2.25. The van der Waals surface area contributed by atoms with Crippen molar-refractivity contribution in [2.45, 2.75) is 270 Å². The standard InChI is InChI=1S/C51H103N2O6P/c1-6-8-10-12-14-15-16-17-18-19-20-21-22-23-24-25-26-27-28-29-30-31-32-33-34-35-36-37-38-39-40-42-44-50(54)49(52-51(55)45-43-41-13-11-9-7-2)48-59-60(56,57)58-47-46-53(3,4)5/h42,44,49-50,54H,6-41,43,45-48H2,1-5H3,(H-,52,55,56,57)/p+1/b44-42+. The summed E-state index contributed by atoms with van der Waals surface area (Å²) >= 11 is 0. The minimum Gasteiger partial charge on any atom is -0.387 e. The first-order valence-electron chi connectivity index (χ1n) is 26.1. The molecule has 0 radical (unpaired) electrons. The number of unbranched alkanes of at least 4 members (excludes halogenated alkanes) is 35. The summed E-state index contributed by atoms with van der Waals surface area (Å²) in [6, 6.07) is -0.838. The fourth-order valence-electron chi connectivity index (χ4n) is 7.87. The van der Waals surface area contributed by atoms with Gasteiger partial charge in [-0.2, -0.15) is 0 Å². The molecule has 0 saturated carbocycles. The molecular formula is C51H104N2O6P+. The predicted octanol–water partition coefficient (Wildman–Crippen LogP) is 15.1. The summed E-state index contributed by atoms with van der Waals surface area (Å²) in [7, 11) is 1.58. The highest BCUT2D eigenvalue weighted by Gasteiger charge is 2.27. The minimum atomic E-state index is -4.32. The van der Waals surface area contributed by atoms with Crippen LogP contribution >= 0.6 is 7.82 Å². The van der Waals surface area contributed by atoms with Crippen molar-refractivity contribution in [2.24, 2.45) is 0 Å². The number of hydrogen-bond acceptors (Lipinski definition) is 5. The van der Waals surface area contributed by atoms with E-state index in [4.69, 9.17) is 9.05 Å². The van der Waals surface area contributed by atoms with E-state index in [1.165, 1.54) is 205 Å². The Kier molecular flexibility index (Phi) is 42.9. The lowest BCUT2D eigenvalue weighted by Crippen LogP contribution is -2.45. The monoisotopic (exact) mass is 872 g/mol. The van der Waals surface area contributed by atoms with Gasteiger partial charge in [0, 0.05) is 6.42 Å². The zero-order valence-corrected chi connectivity index (χ0v) is 41.6. The predicted molar refractivity (Wildman–Crippen MR) is 259 cm³/mol. The van der Waals surface area contributed by atoms with Gasteiger partial charge in [-0.05, 0) is 19.3 Å². The first-order chi connectivity index (χ1) is 29.0. The molecule has 3 N–H and O–H groups in total. The number of rotatable bonds is 48. The van der Waals surface area contributed by atoms with Gasteiger partial charge in [0.1, 0.15) is 13.2 Å². The van der Waals surface area contributed by atoms with Crippen molar-refractivity contribution < 1.29 is 32.9 Å². The van der Waals surface area contributed by atoms with Crippen molar-refractivity contribution in [2.75, 3.05) is 40.9 Å². The Morgan fingerprint density at radius 3 is 1.23 bits per heavy atom. The van der Waals surface area contributed by atoms with Crippen LogP contribution in [0.2, 0.25) is 0 Å². The molecule has 8 nitrogen and oxygen atoms in total. The Labute approximate surface area is 373 Å². The molecule has 0 heterocycles. The van der Waals surface area contributed by atoms with E-state index in [0.29, 0.717) is 17.4 Å². The topological polar surface area (TPSA) is 105 Å². The molecule has 9 heteroatoms. The van der Waals surface area contributed by atoms with Crippen LogP contribution < -0.4 is 5.32 Å². The van der Waals surface area contributed by atoms with Gasteiger partial charge in [-0.1, -0.05) is 244 Å². The summed E-state index contributed by atoms with van der Waals surface area (Å²) in [6.07, 6.45) is 52.2. The molecule has 0 saturated heterocycles. The second-order valence-corrected chi connectivity index (χ2v) is 20.7. The lowest BCUT2D eigenvalue weighted by molar-refractivity contribution is -0.870. The quantitative estimate of drug-likeness (QED) is 0.0243. The molecule has 0 rings (SSSR count). The van der Waals surface area contributed by atoms with E-state index in [9.17, 15) is 19.4 Å². The third-order valence-corrected chi connectivity index (χ3v) is 13.0. The van der Waals surface area contributed by atoms with E-state index >= 15 is 0 Å². The van der Waals surface area contributed by atoms with Gasteiger partial charge in [0.25, 0.3) is 0 Å². The highest BCUT2D eigenvalue weighted by molar-refractivity contribution is 7.47. The molecule has 0 aliphatic carbocycles. The Morgan fingerprint density at radius 2 is 0.883 bits per heavy atom. The molecule has 0 fully saturated rings. The number of likely N-dealkylation sites (N-methyl/N-ethyl adjacent to an activating group) is 1. The van der Waals surface area contributed by atoms with Crippen molar-refractivity contribution in [3.05, 3.63) is 12.2 Å². The smallest absolute Gasteiger partial charge is 0.387 e. The Hall–Kier alpha value is -0.760. The number of amides is 1. The number of carbonyl (C=O) groups is 1. The second kappa shape index (κ2) is 43.5. The van der Waals surface area contributed by atoms with Gasteiger partial charge in [-0.25, -0.2) is 4.57 Å². The lowest BCUT2D eigenvalue weighted by atomic mass is 10.0. The van der Waals surface area contributed by atoms with Crippen molar-refractivity contribution in [3.8, 4) is 0 Å². The molecule has 0 aliphatic heterocycles. The average molecular weight is 872 g/mol. The summed E-state index contributed by atoms with van der Waals surface area (Å²) in [5.41, 5.74) is 0. The number of hydrogen-bond donors (Lipinski definition) is 3. The molecule has 0 aromatic heterocycles. The van der Waals surface area contributed by atoms with Crippen LogP contribution in [0.3, 0.4) is 0 Å². The molecular weight excluding hydrogens is 768 g/mol. The fourth-order valence-corrected chi connectivity index (χ4v) is 8.60. The zero-order chi connectivity index (χ0) is 44.3. The van der Waals surface area contributed by atoms with E-state index in [1.807, 2.05) is 27.2 Å². The highest BCUT2D eigenvalue weighted by Crippen LogP contribution is 2.43. The number of phosphoric acid groups is 1. The number of aliphatic hydroxyl groups excluding tert-OH is 1. The number of quaternary nitrogens is 1. The number of nitrogens with zero attached hydrogens (tertiary/aromatic N) is 1. The maximum atomic E-state index is 12.7. The number of nitrogens with one attached hydrogen (secondary N) is 1. The van der Waals surface area contributed by atoms with Gasteiger partial charge in [0.2, 0.25) is 5.91 Å². The molecule has 0 aromatic rings. The van der Waals surface area contributed by atoms with E-state index in [0.717, 1.165) is 32.1 Å². The summed E-state index contributed by atoms with van der Waals surface area (Å²) < 4.78 is 23.5. The van der Waals surface area contributed by atoms with Gasteiger partial charge < -0.3 is 19.8 Å². The normalized spacial score (nSPS) is 14.2. The van der Waals surface area contributed by atoms with Crippen molar-refractivity contribution >= 4 is 13.7 Å². The molecule has 0 aliphatic rings. The van der Waals surface area contributed by atoms with Crippen molar-refractivity contribution in [1.82, 2.24) is 5.32 Å². The Morgan fingerprint density at radius 1 is 0.550 bits per heavy atom. The first kappa shape index (κ1) is 59.2. The van der Waals surface area contributed by atoms with Crippen LogP contribution in [0, 0.1) is 0 Å². The first-order valence-corrected chi connectivity index (χ1v) is 27.6. The average Bonchev–Trinajstić information content (AvgIpc) is 3.20. The number of allylic oxidation sites excluding steroid dienone is 1. The van der Waals surface area contributed by atoms with E-state index < -0.39 is 20.0 Å². The molecule has 358 valence electrons. The summed E-state index contributed by atoms with van der Waals surface area (Å²) in [5.74, 6) is -0.184. The third kappa shape index (κ3) is 45.3. The maximum Gasteiger partial charge on any atom is 0.472 e. The summed E-state index contributed by atoms with van der Waals surface area (Å²) in [5, 5.41) is 13.8. The Bertz CT molecular complexity index is 989. The van der Waals surface area contributed by atoms with Crippen molar-refractivity contribution in [1.29, 1.82) is 0 Å². The minimum absolute atomic E-state index is 0.0640. The van der Waals surface area contributed by atoms with Crippen LogP contribution in [-0.4, -0.2) is 73.4 Å². The van der Waals surface area contributed by atoms with Crippen LogP contribution in [0.5, 0.6) is 0 Å². The molecule has 3 unspecified atom stereocenters. The number of phosphoric ester groups is 1. The van der Waals surface area contributed by atoms with Crippen LogP contribution in [0.15, 0.2) is 12.2 Å². The SMILES string of the molecule is CCCCCCCCCCCCCCCCCCCCCCCCCCCCCCCC/C=C/C(O)C(COP(=O)(O)OCC[N+](C)(C)C)NC(=O)CCCCCCCC. The maximum absolute atomic E-state index is 12.7.